The highest BCUT2D eigenvalue weighted by molar-refractivity contribution is 7.89. The third-order valence-corrected chi connectivity index (χ3v) is 5.28. The highest BCUT2D eigenvalue weighted by atomic mass is 32.2. The quantitative estimate of drug-likeness (QED) is 0.927. The van der Waals surface area contributed by atoms with E-state index in [9.17, 15) is 21.6 Å². The molecule has 0 aromatic heterocycles. The lowest BCUT2D eigenvalue weighted by Gasteiger charge is -2.23. The zero-order valence-corrected chi connectivity index (χ0v) is 12.4. The number of nitrogens with zero attached hydrogens (tertiary/aromatic N) is 1. The van der Waals surface area contributed by atoms with Gasteiger partial charge in [0.2, 0.25) is 10.0 Å². The number of aryl methyl sites for hydroxylation is 1. The second-order valence-corrected chi connectivity index (χ2v) is 6.83. The summed E-state index contributed by atoms with van der Waals surface area (Å²) in [4.78, 5) is -0.0870. The fourth-order valence-electron chi connectivity index (χ4n) is 2.33. The van der Waals surface area contributed by atoms with Crippen LogP contribution in [0.15, 0.2) is 23.1 Å². The minimum Gasteiger partial charge on any atom is -0.385 e. The van der Waals surface area contributed by atoms with Gasteiger partial charge in [-0.3, -0.25) is 0 Å². The fraction of sp³-hybridized carbons (Fsp3) is 0.538. The average molecular weight is 322 g/mol. The zero-order chi connectivity index (χ0) is 15.7. The molecule has 0 fully saturated rings. The summed E-state index contributed by atoms with van der Waals surface area (Å²) >= 11 is 0. The number of anilines is 1. The summed E-state index contributed by atoms with van der Waals surface area (Å²) in [5.41, 5.74) is 1.67. The van der Waals surface area contributed by atoms with Gasteiger partial charge < -0.3 is 5.32 Å². The summed E-state index contributed by atoms with van der Waals surface area (Å²) in [6, 6.07) is 4.43. The topological polar surface area (TPSA) is 49.4 Å². The number of nitrogens with one attached hydrogen (secondary N) is 1. The maximum Gasteiger partial charge on any atom is 0.402 e. The van der Waals surface area contributed by atoms with Gasteiger partial charge in [-0.25, -0.2) is 8.42 Å². The minimum absolute atomic E-state index is 0.0870. The van der Waals surface area contributed by atoms with E-state index < -0.39 is 22.7 Å². The molecule has 0 amide bonds. The van der Waals surface area contributed by atoms with Gasteiger partial charge in [-0.15, -0.1) is 0 Å². The Morgan fingerprint density at radius 2 is 2.05 bits per heavy atom. The predicted octanol–water partition coefficient (Wildman–Crippen LogP) is 2.62. The van der Waals surface area contributed by atoms with Crippen LogP contribution in [0.2, 0.25) is 0 Å². The Bertz CT molecular complexity index is 614. The van der Waals surface area contributed by atoms with Gasteiger partial charge in [0.15, 0.2) is 0 Å². The van der Waals surface area contributed by atoms with E-state index >= 15 is 0 Å². The summed E-state index contributed by atoms with van der Waals surface area (Å²) in [6.45, 7) is 0.510. The van der Waals surface area contributed by atoms with E-state index in [2.05, 4.69) is 5.32 Å². The van der Waals surface area contributed by atoms with Crippen LogP contribution in [-0.2, 0) is 16.4 Å². The molecule has 1 aromatic rings. The van der Waals surface area contributed by atoms with E-state index in [4.69, 9.17) is 0 Å². The van der Waals surface area contributed by atoms with Gasteiger partial charge in [0, 0.05) is 18.8 Å². The molecule has 0 radical (unpaired) electrons. The Kier molecular flexibility index (Phi) is 4.48. The molecule has 0 bridgehead atoms. The van der Waals surface area contributed by atoms with E-state index in [1.165, 1.54) is 19.1 Å². The van der Waals surface area contributed by atoms with Crippen molar-refractivity contribution < 1.29 is 21.6 Å². The van der Waals surface area contributed by atoms with Crippen molar-refractivity contribution in [1.29, 1.82) is 0 Å². The number of benzene rings is 1. The second-order valence-electron chi connectivity index (χ2n) is 4.90. The molecule has 1 aliphatic rings. The molecule has 0 saturated carbocycles. The maximum atomic E-state index is 12.5. The minimum atomic E-state index is -4.56. The van der Waals surface area contributed by atoms with Gasteiger partial charge in [0.05, 0.1) is 4.90 Å². The SMILES string of the molecule is CCN(CC(F)(F)F)S(=O)(=O)c1ccc2c(c1)CCCN2. The van der Waals surface area contributed by atoms with Crippen LogP contribution in [-0.4, -0.2) is 38.5 Å². The van der Waals surface area contributed by atoms with Crippen molar-refractivity contribution in [3.05, 3.63) is 23.8 Å². The van der Waals surface area contributed by atoms with Crippen molar-refractivity contribution in [3.8, 4) is 0 Å². The molecule has 4 nitrogen and oxygen atoms in total. The molecule has 1 aromatic carbocycles. The van der Waals surface area contributed by atoms with Crippen LogP contribution in [0.3, 0.4) is 0 Å². The Hall–Kier alpha value is -1.28. The predicted molar refractivity (Wildman–Crippen MR) is 73.7 cm³/mol. The molecular weight excluding hydrogens is 305 g/mol. The molecule has 21 heavy (non-hydrogen) atoms. The molecule has 0 atom stereocenters. The van der Waals surface area contributed by atoms with E-state index in [0.717, 1.165) is 30.6 Å². The molecule has 1 N–H and O–H groups in total. The van der Waals surface area contributed by atoms with Gasteiger partial charge in [-0.05, 0) is 36.6 Å². The van der Waals surface area contributed by atoms with Crippen molar-refractivity contribution in [1.82, 2.24) is 4.31 Å². The number of hydrogen-bond acceptors (Lipinski definition) is 3. The summed E-state index contributed by atoms with van der Waals surface area (Å²) in [5.74, 6) is 0. The first-order valence-electron chi connectivity index (χ1n) is 6.68. The second kappa shape index (κ2) is 5.84. The van der Waals surface area contributed by atoms with Crippen LogP contribution in [0.4, 0.5) is 18.9 Å². The Balaban J connectivity index is 2.34. The lowest BCUT2D eigenvalue weighted by atomic mass is 10.0. The molecule has 1 heterocycles. The highest BCUT2D eigenvalue weighted by Crippen LogP contribution is 2.28. The average Bonchev–Trinajstić information content (AvgIpc) is 2.43. The van der Waals surface area contributed by atoms with E-state index in [1.807, 2.05) is 0 Å². The summed E-state index contributed by atoms with van der Waals surface area (Å²) in [6.07, 6.45) is -2.97. The molecule has 118 valence electrons. The van der Waals surface area contributed by atoms with Gasteiger partial charge in [0.1, 0.15) is 6.54 Å². The van der Waals surface area contributed by atoms with Crippen LogP contribution < -0.4 is 5.32 Å². The third-order valence-electron chi connectivity index (χ3n) is 3.36. The number of fused-ring (bicyclic) bond motifs is 1. The number of sulfonamides is 1. The number of hydrogen-bond donors (Lipinski definition) is 1. The first-order valence-corrected chi connectivity index (χ1v) is 8.12. The van der Waals surface area contributed by atoms with Gasteiger partial charge in [0.25, 0.3) is 0 Å². The Morgan fingerprint density at radius 1 is 1.33 bits per heavy atom. The Morgan fingerprint density at radius 3 is 2.67 bits per heavy atom. The number of halogens is 3. The molecule has 1 aliphatic heterocycles. The standard InChI is InChI=1S/C13H17F3N2O2S/c1-2-18(9-13(14,15)16)21(19,20)11-5-6-12-10(8-11)4-3-7-17-12/h5-6,8,17H,2-4,7,9H2,1H3. The van der Waals surface area contributed by atoms with E-state index in [1.54, 1.807) is 6.07 Å². The van der Waals surface area contributed by atoms with Gasteiger partial charge in [-0.1, -0.05) is 6.92 Å². The molecule has 0 spiro atoms. The van der Waals surface area contributed by atoms with Crippen molar-refractivity contribution in [2.45, 2.75) is 30.8 Å². The van der Waals surface area contributed by atoms with Crippen molar-refractivity contribution in [3.63, 3.8) is 0 Å². The molecular formula is C13H17F3N2O2S. The smallest absolute Gasteiger partial charge is 0.385 e. The van der Waals surface area contributed by atoms with Gasteiger partial charge >= 0.3 is 6.18 Å². The first-order chi connectivity index (χ1) is 9.74. The molecule has 2 rings (SSSR count). The van der Waals surface area contributed by atoms with E-state index in [-0.39, 0.29) is 11.4 Å². The van der Waals surface area contributed by atoms with Crippen LogP contribution in [0.25, 0.3) is 0 Å². The summed E-state index contributed by atoms with van der Waals surface area (Å²) in [5, 5.41) is 3.13. The van der Waals surface area contributed by atoms with Gasteiger partial charge in [-0.2, -0.15) is 17.5 Å². The highest BCUT2D eigenvalue weighted by Gasteiger charge is 2.36. The molecule has 8 heteroatoms. The van der Waals surface area contributed by atoms with Crippen LogP contribution in [0, 0.1) is 0 Å². The summed E-state index contributed by atoms with van der Waals surface area (Å²) < 4.78 is 62.6. The lowest BCUT2D eigenvalue weighted by Crippen LogP contribution is -2.38. The zero-order valence-electron chi connectivity index (χ0n) is 11.6. The number of rotatable bonds is 4. The van der Waals surface area contributed by atoms with Crippen molar-refractivity contribution in [2.75, 3.05) is 25.0 Å². The monoisotopic (exact) mass is 322 g/mol. The largest absolute Gasteiger partial charge is 0.402 e. The van der Waals surface area contributed by atoms with E-state index in [0.29, 0.717) is 4.31 Å². The lowest BCUT2D eigenvalue weighted by molar-refractivity contribution is -0.135. The summed E-state index contributed by atoms with van der Waals surface area (Å²) in [7, 11) is -4.13. The van der Waals surface area contributed by atoms with Crippen LogP contribution >= 0.6 is 0 Å². The molecule has 0 saturated heterocycles. The molecule has 0 aliphatic carbocycles. The normalized spacial score (nSPS) is 15.7. The first kappa shape index (κ1) is 16.1. The Labute approximate surface area is 122 Å². The number of alkyl halides is 3. The third kappa shape index (κ3) is 3.68. The molecule has 0 unspecified atom stereocenters. The maximum absolute atomic E-state index is 12.5. The van der Waals surface area contributed by atoms with Crippen LogP contribution in [0.5, 0.6) is 0 Å². The van der Waals surface area contributed by atoms with Crippen LogP contribution in [0.1, 0.15) is 18.9 Å². The van der Waals surface area contributed by atoms with Crippen molar-refractivity contribution >= 4 is 15.7 Å². The fourth-order valence-corrected chi connectivity index (χ4v) is 3.81. The van der Waals surface area contributed by atoms with Crippen molar-refractivity contribution in [2.24, 2.45) is 0 Å².